The summed E-state index contributed by atoms with van der Waals surface area (Å²) in [5.41, 5.74) is 2.00. The van der Waals surface area contributed by atoms with Gasteiger partial charge in [-0.05, 0) is 17.7 Å². The van der Waals surface area contributed by atoms with E-state index in [1.54, 1.807) is 12.1 Å². The minimum Gasteiger partial charge on any atom is -0.355 e. The second-order valence-corrected chi connectivity index (χ2v) is 4.64. The summed E-state index contributed by atoms with van der Waals surface area (Å²) >= 11 is 0. The Bertz CT molecular complexity index is 747. The van der Waals surface area contributed by atoms with Gasteiger partial charge in [0.1, 0.15) is 0 Å². The van der Waals surface area contributed by atoms with E-state index in [0.717, 1.165) is 11.3 Å². The van der Waals surface area contributed by atoms with Crippen LogP contribution in [0.25, 0.3) is 12.2 Å². The Hall–Kier alpha value is -2.56. The van der Waals surface area contributed by atoms with E-state index >= 15 is 0 Å². The van der Waals surface area contributed by atoms with Gasteiger partial charge >= 0.3 is 6.18 Å². The van der Waals surface area contributed by atoms with Crippen LogP contribution in [0, 0.1) is 0 Å². The molecule has 1 heterocycles. The highest BCUT2D eigenvalue weighted by atomic mass is 19.4. The normalized spacial score (nSPS) is 12.9. The summed E-state index contributed by atoms with van der Waals surface area (Å²) in [6.07, 6.45) is -1.66. The van der Waals surface area contributed by atoms with Crippen LogP contribution in [0.15, 0.2) is 42.5 Å². The minimum atomic E-state index is -4.89. The highest BCUT2D eigenvalue weighted by Gasteiger charge is 2.40. The first-order valence-electron chi connectivity index (χ1n) is 6.25. The molecule has 0 unspecified atom stereocenters. The molecule has 1 N–H and O–H groups in total. The third kappa shape index (κ3) is 2.42. The number of anilines is 2. The van der Waals surface area contributed by atoms with Crippen molar-refractivity contribution in [2.24, 2.45) is 0 Å². The molecule has 5 heteroatoms. The van der Waals surface area contributed by atoms with Gasteiger partial charge in [0.15, 0.2) is 0 Å². The van der Waals surface area contributed by atoms with Crippen molar-refractivity contribution in [2.75, 3.05) is 5.32 Å². The number of para-hydroxylation sites is 1. The highest BCUT2D eigenvalue weighted by Crippen LogP contribution is 2.34. The first kappa shape index (κ1) is 13.4. The van der Waals surface area contributed by atoms with Gasteiger partial charge in [0, 0.05) is 22.5 Å². The second-order valence-electron chi connectivity index (χ2n) is 4.64. The molecule has 0 saturated carbocycles. The Morgan fingerprint density at radius 1 is 0.905 bits per heavy atom. The quantitative estimate of drug-likeness (QED) is 0.660. The highest BCUT2D eigenvalue weighted by molar-refractivity contribution is 6.06. The minimum absolute atomic E-state index is 0.246. The van der Waals surface area contributed by atoms with E-state index in [0.29, 0.717) is 5.69 Å². The number of halogens is 3. The summed E-state index contributed by atoms with van der Waals surface area (Å²) in [5.74, 6) is -1.84. The zero-order valence-electron chi connectivity index (χ0n) is 10.7. The molecular weight excluding hydrogens is 279 g/mol. The lowest BCUT2D eigenvalue weighted by atomic mass is 10.0. The monoisotopic (exact) mass is 289 g/mol. The fourth-order valence-electron chi connectivity index (χ4n) is 2.28. The molecule has 2 aromatic carbocycles. The number of alkyl halides is 3. The van der Waals surface area contributed by atoms with Gasteiger partial charge in [-0.2, -0.15) is 13.2 Å². The maximum Gasteiger partial charge on any atom is 0.454 e. The zero-order chi connectivity index (χ0) is 15.0. The topological polar surface area (TPSA) is 29.1 Å². The van der Waals surface area contributed by atoms with Crippen LogP contribution in [0.4, 0.5) is 24.5 Å². The Morgan fingerprint density at radius 3 is 2.38 bits per heavy atom. The summed E-state index contributed by atoms with van der Waals surface area (Å²) in [7, 11) is 0. The molecule has 0 spiro atoms. The Morgan fingerprint density at radius 2 is 1.62 bits per heavy atom. The number of fused-ring (bicyclic) bond motifs is 2. The molecule has 0 radical (unpaired) electrons. The average Bonchev–Trinajstić information content (AvgIpc) is 2.64. The smallest absolute Gasteiger partial charge is 0.355 e. The van der Waals surface area contributed by atoms with Gasteiger partial charge in [0.25, 0.3) is 5.78 Å². The number of hydrogen-bond donors (Lipinski definition) is 1. The molecule has 0 atom stereocenters. The molecule has 2 aromatic rings. The molecule has 0 fully saturated rings. The summed E-state index contributed by atoms with van der Waals surface area (Å²) in [5, 5.41) is 3.07. The van der Waals surface area contributed by atoms with Crippen LogP contribution >= 0.6 is 0 Å². The third-order valence-electron chi connectivity index (χ3n) is 3.27. The van der Waals surface area contributed by atoms with E-state index in [2.05, 4.69) is 5.32 Å². The molecule has 106 valence electrons. The molecule has 0 aromatic heterocycles. The first-order chi connectivity index (χ1) is 9.97. The van der Waals surface area contributed by atoms with Crippen LogP contribution in [-0.2, 0) is 0 Å². The number of Topliss-reactive ketones (excluding diaryl/α,β-unsaturated/α-hetero) is 1. The number of benzene rings is 2. The van der Waals surface area contributed by atoms with Crippen LogP contribution < -0.4 is 5.32 Å². The summed E-state index contributed by atoms with van der Waals surface area (Å²) in [6, 6.07) is 11.6. The number of ketones is 1. The predicted octanol–water partition coefficient (Wildman–Crippen LogP) is 4.66. The number of carbonyl (C=O) groups is 1. The van der Waals surface area contributed by atoms with Gasteiger partial charge in [-0.1, -0.05) is 42.5 Å². The molecule has 21 heavy (non-hydrogen) atoms. The first-order valence-corrected chi connectivity index (χ1v) is 6.25. The Labute approximate surface area is 118 Å². The standard InChI is InChI=1S/C16H10F3NO/c17-16(18,19)15(21)12-5-3-7-14-11(12)9-8-10-4-1-2-6-13(10)20-14/h1-9,20H. The van der Waals surface area contributed by atoms with E-state index < -0.39 is 12.0 Å². The van der Waals surface area contributed by atoms with Crippen molar-refractivity contribution in [1.82, 2.24) is 0 Å². The van der Waals surface area contributed by atoms with E-state index in [1.165, 1.54) is 18.2 Å². The summed E-state index contributed by atoms with van der Waals surface area (Å²) < 4.78 is 38.0. The Balaban J connectivity index is 2.14. The summed E-state index contributed by atoms with van der Waals surface area (Å²) in [4.78, 5) is 11.5. The largest absolute Gasteiger partial charge is 0.454 e. The third-order valence-corrected chi connectivity index (χ3v) is 3.27. The van der Waals surface area contributed by atoms with E-state index in [9.17, 15) is 18.0 Å². The number of rotatable bonds is 1. The van der Waals surface area contributed by atoms with Crippen molar-refractivity contribution >= 4 is 29.3 Å². The van der Waals surface area contributed by atoms with E-state index in [1.807, 2.05) is 24.3 Å². The van der Waals surface area contributed by atoms with Crippen molar-refractivity contribution in [2.45, 2.75) is 6.18 Å². The van der Waals surface area contributed by atoms with Crippen molar-refractivity contribution < 1.29 is 18.0 Å². The van der Waals surface area contributed by atoms with Crippen molar-refractivity contribution in [3.8, 4) is 0 Å². The maximum absolute atomic E-state index is 12.7. The molecule has 1 aliphatic heterocycles. The van der Waals surface area contributed by atoms with Crippen LogP contribution in [0.5, 0.6) is 0 Å². The van der Waals surface area contributed by atoms with Gasteiger partial charge in [-0.15, -0.1) is 0 Å². The lowest BCUT2D eigenvalue weighted by Crippen LogP contribution is -2.23. The van der Waals surface area contributed by atoms with Gasteiger partial charge in [-0.25, -0.2) is 0 Å². The number of carbonyl (C=O) groups excluding carboxylic acids is 1. The van der Waals surface area contributed by atoms with Crippen LogP contribution in [0.1, 0.15) is 21.5 Å². The van der Waals surface area contributed by atoms with Gasteiger partial charge in [0.05, 0.1) is 0 Å². The molecule has 2 nitrogen and oxygen atoms in total. The Kier molecular flexibility index (Phi) is 3.05. The lowest BCUT2D eigenvalue weighted by Gasteiger charge is -2.13. The van der Waals surface area contributed by atoms with E-state index in [-0.39, 0.29) is 11.1 Å². The molecule has 0 aliphatic carbocycles. The molecule has 0 amide bonds. The maximum atomic E-state index is 12.7. The molecule has 0 bridgehead atoms. The van der Waals surface area contributed by atoms with Crippen molar-refractivity contribution in [3.63, 3.8) is 0 Å². The van der Waals surface area contributed by atoms with Crippen LogP contribution in [0.3, 0.4) is 0 Å². The summed E-state index contributed by atoms with van der Waals surface area (Å²) in [6.45, 7) is 0. The number of nitrogens with one attached hydrogen (secondary N) is 1. The van der Waals surface area contributed by atoms with Gasteiger partial charge < -0.3 is 5.32 Å². The van der Waals surface area contributed by atoms with E-state index in [4.69, 9.17) is 0 Å². The second kappa shape index (κ2) is 4.77. The SMILES string of the molecule is O=C(c1cccc2c1C=Cc1ccccc1N2)C(F)(F)F. The van der Waals surface area contributed by atoms with Gasteiger partial charge in [-0.3, -0.25) is 4.79 Å². The van der Waals surface area contributed by atoms with Crippen LogP contribution in [0.2, 0.25) is 0 Å². The van der Waals surface area contributed by atoms with Crippen molar-refractivity contribution in [1.29, 1.82) is 0 Å². The average molecular weight is 289 g/mol. The van der Waals surface area contributed by atoms with Crippen molar-refractivity contribution in [3.05, 3.63) is 59.2 Å². The molecule has 1 aliphatic rings. The number of hydrogen-bond acceptors (Lipinski definition) is 2. The molecular formula is C16H10F3NO. The zero-order valence-corrected chi connectivity index (χ0v) is 10.7. The lowest BCUT2D eigenvalue weighted by molar-refractivity contribution is -0.0885. The molecule has 3 rings (SSSR count). The van der Waals surface area contributed by atoms with Crippen LogP contribution in [-0.4, -0.2) is 12.0 Å². The van der Waals surface area contributed by atoms with Gasteiger partial charge in [0.2, 0.25) is 0 Å². The predicted molar refractivity (Wildman–Crippen MR) is 75.5 cm³/mol. The molecule has 0 saturated heterocycles. The fraction of sp³-hybridized carbons (Fsp3) is 0.0625. The fourth-order valence-corrected chi connectivity index (χ4v) is 2.28.